The number of aromatic hydroxyl groups is 1. The van der Waals surface area contributed by atoms with E-state index in [1.54, 1.807) is 6.07 Å². The highest BCUT2D eigenvalue weighted by molar-refractivity contribution is 6.03. The summed E-state index contributed by atoms with van der Waals surface area (Å²) in [4.78, 5) is 24.1. The molecule has 0 spiro atoms. The predicted octanol–water partition coefficient (Wildman–Crippen LogP) is 2.25. The lowest BCUT2D eigenvalue weighted by molar-refractivity contribution is 0.0621. The summed E-state index contributed by atoms with van der Waals surface area (Å²) in [5, 5.41) is 9.94. The van der Waals surface area contributed by atoms with Gasteiger partial charge >= 0.3 is 0 Å². The maximum absolute atomic E-state index is 12.8. The minimum absolute atomic E-state index is 0.0210. The topological polar surface area (TPSA) is 101 Å². The molecule has 0 aliphatic carbocycles. The first-order valence-corrected chi connectivity index (χ1v) is 7.98. The molecular formula is C19H18O8. The maximum atomic E-state index is 12.8. The number of Topliss-reactive ketones (excluding diaryl/α,β-unsaturated/α-hetero) is 1. The van der Waals surface area contributed by atoms with E-state index < -0.39 is 6.10 Å². The summed E-state index contributed by atoms with van der Waals surface area (Å²) in [7, 11) is 4.35. The number of carbonyl (C=O) groups is 2. The van der Waals surface area contributed by atoms with Gasteiger partial charge in [-0.15, -0.1) is 0 Å². The monoisotopic (exact) mass is 374 g/mol. The zero-order chi connectivity index (χ0) is 19.6. The summed E-state index contributed by atoms with van der Waals surface area (Å²) in [6.45, 7) is -0.0718. The van der Waals surface area contributed by atoms with E-state index >= 15 is 0 Å². The summed E-state index contributed by atoms with van der Waals surface area (Å²) < 4.78 is 26.8. The average Bonchev–Trinajstić information content (AvgIpc) is 2.68. The molecule has 3 rings (SSSR count). The molecule has 0 radical (unpaired) electrons. The number of benzene rings is 2. The lowest BCUT2D eigenvalue weighted by Gasteiger charge is -2.26. The highest BCUT2D eigenvalue weighted by Crippen LogP contribution is 2.38. The van der Waals surface area contributed by atoms with Gasteiger partial charge in [0.1, 0.15) is 29.6 Å². The quantitative estimate of drug-likeness (QED) is 0.769. The molecule has 1 heterocycles. The third-order valence-electron chi connectivity index (χ3n) is 4.15. The molecule has 2 aromatic rings. The Bertz CT molecular complexity index is 890. The Morgan fingerprint density at radius 3 is 2.37 bits per heavy atom. The van der Waals surface area contributed by atoms with Gasteiger partial charge in [0.25, 0.3) is 0 Å². The van der Waals surface area contributed by atoms with Crippen molar-refractivity contribution < 1.29 is 38.4 Å². The standard InChI is InChI=1S/C19H18O8/c1-23-10-4-13(21)12(8-20)15(5-10)27-18-9-26-14-7-17(25-3)16(24-2)6-11(14)19(18)22/h4-8,18,21H,9H2,1-3H3/t18-/m1/s1. The van der Waals surface area contributed by atoms with Crippen LogP contribution in [0.25, 0.3) is 0 Å². The molecule has 1 aliphatic rings. The number of carbonyl (C=O) groups excluding carboxylic acids is 2. The van der Waals surface area contributed by atoms with E-state index in [-0.39, 0.29) is 40.8 Å². The van der Waals surface area contributed by atoms with Crippen molar-refractivity contribution in [1.29, 1.82) is 0 Å². The Morgan fingerprint density at radius 1 is 1.04 bits per heavy atom. The van der Waals surface area contributed by atoms with E-state index in [4.69, 9.17) is 23.7 Å². The molecule has 1 aliphatic heterocycles. The molecule has 2 aromatic carbocycles. The Labute approximate surface area is 155 Å². The molecule has 1 atom stereocenters. The van der Waals surface area contributed by atoms with Crippen molar-refractivity contribution >= 4 is 12.1 Å². The number of hydrogen-bond acceptors (Lipinski definition) is 8. The lowest BCUT2D eigenvalue weighted by Crippen LogP contribution is -2.37. The van der Waals surface area contributed by atoms with Gasteiger partial charge in [-0.3, -0.25) is 9.59 Å². The van der Waals surface area contributed by atoms with Crippen molar-refractivity contribution in [3.8, 4) is 34.5 Å². The number of methoxy groups -OCH3 is 3. The zero-order valence-electron chi connectivity index (χ0n) is 15.0. The molecule has 0 bridgehead atoms. The van der Waals surface area contributed by atoms with E-state index in [0.717, 1.165) is 0 Å². The third kappa shape index (κ3) is 3.33. The number of ether oxygens (including phenoxy) is 5. The Balaban J connectivity index is 1.94. The fourth-order valence-electron chi connectivity index (χ4n) is 2.75. The lowest BCUT2D eigenvalue weighted by atomic mass is 10.0. The second-order valence-electron chi connectivity index (χ2n) is 5.66. The molecule has 1 N–H and O–H groups in total. The molecule has 142 valence electrons. The first-order valence-electron chi connectivity index (χ1n) is 7.98. The van der Waals surface area contributed by atoms with Gasteiger partial charge in [-0.1, -0.05) is 0 Å². The first-order chi connectivity index (χ1) is 13.0. The van der Waals surface area contributed by atoms with Crippen LogP contribution >= 0.6 is 0 Å². The van der Waals surface area contributed by atoms with Gasteiger partial charge in [0.15, 0.2) is 23.9 Å². The number of fused-ring (bicyclic) bond motifs is 1. The van der Waals surface area contributed by atoms with Crippen LogP contribution in [0, 0.1) is 0 Å². The van der Waals surface area contributed by atoms with Gasteiger partial charge in [0.2, 0.25) is 5.78 Å². The number of hydrogen-bond donors (Lipinski definition) is 1. The van der Waals surface area contributed by atoms with Gasteiger partial charge in [0, 0.05) is 18.2 Å². The van der Waals surface area contributed by atoms with Crippen LogP contribution < -0.4 is 23.7 Å². The molecule has 27 heavy (non-hydrogen) atoms. The van der Waals surface area contributed by atoms with Gasteiger partial charge < -0.3 is 28.8 Å². The van der Waals surface area contributed by atoms with Gasteiger partial charge in [0.05, 0.1) is 32.5 Å². The summed E-state index contributed by atoms with van der Waals surface area (Å²) in [5.74, 6) is 0.802. The first kappa shape index (κ1) is 18.4. The van der Waals surface area contributed by atoms with Crippen molar-refractivity contribution in [3.05, 3.63) is 35.4 Å². The van der Waals surface area contributed by atoms with E-state index in [1.165, 1.54) is 39.5 Å². The van der Waals surface area contributed by atoms with E-state index in [0.29, 0.717) is 23.5 Å². The van der Waals surface area contributed by atoms with Crippen molar-refractivity contribution in [2.75, 3.05) is 27.9 Å². The Kier molecular flexibility index (Phi) is 5.07. The molecule has 8 nitrogen and oxygen atoms in total. The summed E-state index contributed by atoms with van der Waals surface area (Å²) >= 11 is 0. The number of phenolic OH excluding ortho intramolecular Hbond substituents is 1. The summed E-state index contributed by atoms with van der Waals surface area (Å²) in [6, 6.07) is 5.77. The van der Waals surface area contributed by atoms with Crippen LogP contribution in [-0.2, 0) is 0 Å². The van der Waals surface area contributed by atoms with Crippen LogP contribution in [0.15, 0.2) is 24.3 Å². The fourth-order valence-corrected chi connectivity index (χ4v) is 2.75. The third-order valence-corrected chi connectivity index (χ3v) is 4.15. The van der Waals surface area contributed by atoms with E-state index in [9.17, 15) is 14.7 Å². The minimum atomic E-state index is -1.01. The minimum Gasteiger partial charge on any atom is -0.507 e. The van der Waals surface area contributed by atoms with Crippen LogP contribution in [0.2, 0.25) is 0 Å². The highest BCUT2D eigenvalue weighted by Gasteiger charge is 2.33. The number of ketones is 1. The zero-order valence-corrected chi connectivity index (χ0v) is 15.0. The number of phenols is 1. The van der Waals surface area contributed by atoms with E-state index in [1.807, 2.05) is 0 Å². The molecule has 0 aromatic heterocycles. The largest absolute Gasteiger partial charge is 0.507 e. The maximum Gasteiger partial charge on any atom is 0.210 e. The smallest absolute Gasteiger partial charge is 0.210 e. The Morgan fingerprint density at radius 2 is 1.74 bits per heavy atom. The van der Waals surface area contributed by atoms with Crippen LogP contribution in [-0.4, -0.2) is 51.2 Å². The summed E-state index contributed by atoms with van der Waals surface area (Å²) in [5.41, 5.74) is 0.186. The summed E-state index contributed by atoms with van der Waals surface area (Å²) in [6.07, 6.45) is -0.569. The van der Waals surface area contributed by atoms with Gasteiger partial charge in [-0.05, 0) is 6.07 Å². The van der Waals surface area contributed by atoms with Crippen molar-refractivity contribution in [2.45, 2.75) is 6.10 Å². The number of aldehydes is 1. The predicted molar refractivity (Wildman–Crippen MR) is 93.8 cm³/mol. The molecule has 0 saturated heterocycles. The molecule has 0 unspecified atom stereocenters. The fraction of sp³-hybridized carbons (Fsp3) is 0.263. The van der Waals surface area contributed by atoms with Crippen LogP contribution in [0.3, 0.4) is 0 Å². The van der Waals surface area contributed by atoms with Crippen LogP contribution in [0.1, 0.15) is 20.7 Å². The Hall–Kier alpha value is -3.42. The van der Waals surface area contributed by atoms with Crippen LogP contribution in [0.4, 0.5) is 0 Å². The second-order valence-corrected chi connectivity index (χ2v) is 5.66. The SMILES string of the molecule is COc1cc(O)c(C=O)c(O[C@@H]2COc3cc(OC)c(OC)cc3C2=O)c1. The molecule has 0 fully saturated rings. The van der Waals surface area contributed by atoms with E-state index in [2.05, 4.69) is 0 Å². The number of rotatable bonds is 6. The van der Waals surface area contributed by atoms with Crippen LogP contribution in [0.5, 0.6) is 34.5 Å². The molecule has 0 amide bonds. The normalized spacial score (nSPS) is 15.4. The molecular weight excluding hydrogens is 356 g/mol. The van der Waals surface area contributed by atoms with Gasteiger partial charge in [-0.25, -0.2) is 0 Å². The van der Waals surface area contributed by atoms with Crippen molar-refractivity contribution in [3.63, 3.8) is 0 Å². The van der Waals surface area contributed by atoms with Gasteiger partial charge in [-0.2, -0.15) is 0 Å². The second kappa shape index (κ2) is 7.45. The van der Waals surface area contributed by atoms with Crippen molar-refractivity contribution in [2.24, 2.45) is 0 Å². The molecule has 0 saturated carbocycles. The highest BCUT2D eigenvalue weighted by atomic mass is 16.5. The molecule has 8 heteroatoms. The average molecular weight is 374 g/mol. The van der Waals surface area contributed by atoms with Crippen molar-refractivity contribution in [1.82, 2.24) is 0 Å².